The summed E-state index contributed by atoms with van der Waals surface area (Å²) in [6.45, 7) is 3.58. The summed E-state index contributed by atoms with van der Waals surface area (Å²) in [7, 11) is 1.51. The van der Waals surface area contributed by atoms with Gasteiger partial charge >= 0.3 is 0 Å². The van der Waals surface area contributed by atoms with E-state index in [0.717, 1.165) is 33.9 Å². The predicted molar refractivity (Wildman–Crippen MR) is 155 cm³/mol. The number of allylic oxidation sites excluding steroid dienone is 1. The number of anilines is 1. The van der Waals surface area contributed by atoms with Crippen LogP contribution in [-0.4, -0.2) is 35.6 Å². The molecule has 3 aromatic carbocycles. The molecule has 0 radical (unpaired) electrons. The topological polar surface area (TPSA) is 84.9 Å². The molecule has 0 saturated carbocycles. The second-order valence-corrected chi connectivity index (χ2v) is 10.4. The number of carbonyl (C=O) groups is 3. The van der Waals surface area contributed by atoms with Gasteiger partial charge in [0.15, 0.2) is 11.5 Å². The number of rotatable bonds is 10. The van der Waals surface area contributed by atoms with Gasteiger partial charge in [-0.05, 0) is 77.9 Å². The fraction of sp³-hybridized carbons (Fsp3) is 0.138. The van der Waals surface area contributed by atoms with Crippen molar-refractivity contribution in [3.8, 4) is 11.5 Å². The van der Waals surface area contributed by atoms with Gasteiger partial charge in [-0.15, -0.1) is 6.58 Å². The molecule has 1 heterocycles. The van der Waals surface area contributed by atoms with Gasteiger partial charge < -0.3 is 14.8 Å². The van der Waals surface area contributed by atoms with Crippen LogP contribution in [0, 0.1) is 5.82 Å². The number of hydrogen-bond acceptors (Lipinski definition) is 6. The van der Waals surface area contributed by atoms with Gasteiger partial charge in [-0.1, -0.05) is 41.4 Å². The van der Waals surface area contributed by atoms with Crippen molar-refractivity contribution in [1.82, 2.24) is 4.90 Å². The highest BCUT2D eigenvalue weighted by atomic mass is 35.5. The highest BCUT2D eigenvalue weighted by molar-refractivity contribution is 8.18. The monoisotopic (exact) mass is 600 g/mol. The van der Waals surface area contributed by atoms with Gasteiger partial charge in [0.1, 0.15) is 19.0 Å². The van der Waals surface area contributed by atoms with Crippen LogP contribution in [0.5, 0.6) is 11.5 Å². The van der Waals surface area contributed by atoms with E-state index in [-0.39, 0.29) is 22.2 Å². The van der Waals surface area contributed by atoms with Crippen molar-refractivity contribution in [2.75, 3.05) is 19.0 Å². The van der Waals surface area contributed by atoms with Crippen molar-refractivity contribution in [1.29, 1.82) is 0 Å². The van der Waals surface area contributed by atoms with Crippen molar-refractivity contribution in [2.45, 2.75) is 13.0 Å². The van der Waals surface area contributed by atoms with Crippen LogP contribution in [0.4, 0.5) is 14.9 Å². The molecule has 1 fully saturated rings. The van der Waals surface area contributed by atoms with E-state index in [4.69, 9.17) is 32.7 Å². The van der Waals surface area contributed by atoms with Gasteiger partial charge in [0, 0.05) is 16.3 Å². The Bertz CT molecular complexity index is 1510. The summed E-state index contributed by atoms with van der Waals surface area (Å²) in [5.41, 5.74) is 2.52. The maximum absolute atomic E-state index is 13.4. The number of nitrogens with zero attached hydrogens (tertiary/aromatic N) is 1. The maximum Gasteiger partial charge on any atom is 0.294 e. The molecule has 0 atom stereocenters. The Hall–Kier alpha value is -3.79. The first kappa shape index (κ1) is 29.2. The highest BCUT2D eigenvalue weighted by Crippen LogP contribution is 2.37. The van der Waals surface area contributed by atoms with E-state index in [0.29, 0.717) is 28.5 Å². The summed E-state index contributed by atoms with van der Waals surface area (Å²) in [5, 5.41) is 2.37. The molecule has 3 amide bonds. The Balaban J connectivity index is 1.51. The summed E-state index contributed by atoms with van der Waals surface area (Å²) in [6.07, 6.45) is 3.73. The van der Waals surface area contributed by atoms with Crippen LogP contribution in [-0.2, 0) is 22.6 Å². The van der Waals surface area contributed by atoms with Crippen molar-refractivity contribution >= 4 is 63.8 Å². The molecule has 206 valence electrons. The molecule has 1 saturated heterocycles. The number of imide groups is 1. The molecule has 40 heavy (non-hydrogen) atoms. The van der Waals surface area contributed by atoms with Crippen LogP contribution < -0.4 is 14.8 Å². The molecule has 1 aliphatic heterocycles. The van der Waals surface area contributed by atoms with Crippen LogP contribution in [0.25, 0.3) is 6.08 Å². The smallest absolute Gasteiger partial charge is 0.294 e. The van der Waals surface area contributed by atoms with E-state index in [9.17, 15) is 18.8 Å². The van der Waals surface area contributed by atoms with Crippen molar-refractivity contribution in [2.24, 2.45) is 0 Å². The minimum Gasteiger partial charge on any atom is -0.493 e. The van der Waals surface area contributed by atoms with Gasteiger partial charge in [-0.25, -0.2) is 4.39 Å². The van der Waals surface area contributed by atoms with Gasteiger partial charge in [-0.3, -0.25) is 19.3 Å². The SMILES string of the molecule is C=CCc1cc(/C=C2\SC(=O)N(CC(=O)Nc3ccc(F)c(Cl)c3)C2=O)cc(OC)c1OCc1ccc(Cl)cc1. The van der Waals surface area contributed by atoms with Gasteiger partial charge in [0.2, 0.25) is 5.91 Å². The third kappa shape index (κ3) is 7.04. The molecular weight excluding hydrogens is 578 g/mol. The zero-order chi connectivity index (χ0) is 28.8. The standard InChI is InChI=1S/C29H23Cl2FN2O5S/c1-3-4-19-11-18(12-24(38-2)27(19)39-16-17-5-7-20(30)8-6-17)13-25-28(36)34(29(37)40-25)15-26(35)33-21-9-10-23(32)22(31)14-21/h3,5-14H,1,4,15-16H2,2H3,(H,33,35)/b25-13-. The zero-order valence-corrected chi connectivity index (χ0v) is 23.5. The average molecular weight is 601 g/mol. The van der Waals surface area contributed by atoms with E-state index < -0.39 is 29.4 Å². The summed E-state index contributed by atoms with van der Waals surface area (Å²) < 4.78 is 25.0. The lowest BCUT2D eigenvalue weighted by molar-refractivity contribution is -0.127. The Kier molecular flexibility index (Phi) is 9.52. The lowest BCUT2D eigenvalue weighted by atomic mass is 10.0. The molecule has 7 nitrogen and oxygen atoms in total. The van der Waals surface area contributed by atoms with E-state index in [1.54, 1.807) is 30.4 Å². The van der Waals surface area contributed by atoms with Gasteiger partial charge in [-0.2, -0.15) is 0 Å². The Morgan fingerprint density at radius 1 is 1.12 bits per heavy atom. The quantitative estimate of drug-likeness (QED) is 0.197. The molecule has 0 spiro atoms. The maximum atomic E-state index is 13.4. The van der Waals surface area contributed by atoms with Crippen LogP contribution >= 0.6 is 35.0 Å². The van der Waals surface area contributed by atoms with E-state index in [1.807, 2.05) is 18.2 Å². The second kappa shape index (κ2) is 13.0. The van der Waals surface area contributed by atoms with Crippen LogP contribution in [0.1, 0.15) is 16.7 Å². The lowest BCUT2D eigenvalue weighted by Gasteiger charge is -2.16. The minimum absolute atomic E-state index is 0.143. The molecule has 1 N–H and O–H groups in total. The number of hydrogen-bond donors (Lipinski definition) is 1. The summed E-state index contributed by atoms with van der Waals surface area (Å²) >= 11 is 12.4. The average Bonchev–Trinajstić information content (AvgIpc) is 3.18. The van der Waals surface area contributed by atoms with E-state index in [1.165, 1.54) is 19.2 Å². The van der Waals surface area contributed by atoms with Crippen LogP contribution in [0.3, 0.4) is 0 Å². The van der Waals surface area contributed by atoms with E-state index in [2.05, 4.69) is 11.9 Å². The molecule has 3 aromatic rings. The van der Waals surface area contributed by atoms with Crippen molar-refractivity contribution < 1.29 is 28.2 Å². The number of benzene rings is 3. The van der Waals surface area contributed by atoms with E-state index >= 15 is 0 Å². The number of amides is 3. The number of ether oxygens (including phenoxy) is 2. The fourth-order valence-electron chi connectivity index (χ4n) is 3.83. The predicted octanol–water partition coefficient (Wildman–Crippen LogP) is 7.12. The number of carbonyl (C=O) groups excluding carboxylic acids is 3. The van der Waals surface area contributed by atoms with Gasteiger partial charge in [0.05, 0.1) is 17.0 Å². The summed E-state index contributed by atoms with van der Waals surface area (Å²) in [5.74, 6) is -0.918. The van der Waals surface area contributed by atoms with Crippen molar-refractivity contribution in [3.05, 3.63) is 105 Å². The largest absolute Gasteiger partial charge is 0.493 e. The third-order valence-corrected chi connectivity index (χ3v) is 7.16. The molecule has 0 bridgehead atoms. The highest BCUT2D eigenvalue weighted by Gasteiger charge is 2.36. The Labute approximate surface area is 244 Å². The first-order chi connectivity index (χ1) is 19.2. The molecular formula is C29H23Cl2FN2O5S. The number of nitrogens with one attached hydrogen (secondary N) is 1. The number of thioether (sulfide) groups is 1. The Morgan fingerprint density at radius 3 is 2.55 bits per heavy atom. The first-order valence-electron chi connectivity index (χ1n) is 11.9. The van der Waals surface area contributed by atoms with Crippen LogP contribution in [0.15, 0.2) is 72.2 Å². The lowest BCUT2D eigenvalue weighted by Crippen LogP contribution is -2.36. The number of methoxy groups -OCH3 is 1. The first-order valence-corrected chi connectivity index (χ1v) is 13.4. The molecule has 0 aliphatic carbocycles. The van der Waals surface area contributed by atoms with Crippen LogP contribution in [0.2, 0.25) is 10.0 Å². The molecule has 0 unspecified atom stereocenters. The fourth-order valence-corrected chi connectivity index (χ4v) is 4.98. The second-order valence-electron chi connectivity index (χ2n) is 8.56. The minimum atomic E-state index is -0.636. The zero-order valence-electron chi connectivity index (χ0n) is 21.2. The number of halogens is 3. The molecule has 1 aliphatic rings. The normalized spacial score (nSPS) is 14.0. The third-order valence-electron chi connectivity index (χ3n) is 5.71. The molecule has 11 heteroatoms. The summed E-state index contributed by atoms with van der Waals surface area (Å²) in [6, 6.07) is 14.5. The molecule has 0 aromatic heterocycles. The summed E-state index contributed by atoms with van der Waals surface area (Å²) in [4.78, 5) is 39.0. The van der Waals surface area contributed by atoms with Gasteiger partial charge in [0.25, 0.3) is 11.1 Å². The molecule has 4 rings (SSSR count). The van der Waals surface area contributed by atoms with Crippen molar-refractivity contribution in [3.63, 3.8) is 0 Å². The Morgan fingerprint density at radius 2 is 1.88 bits per heavy atom.